The molecule has 222 valence electrons. The highest BCUT2D eigenvalue weighted by atomic mass is 15.0. The Balaban J connectivity index is 1.33. The van der Waals surface area contributed by atoms with Crippen molar-refractivity contribution in [3.8, 4) is 45.8 Å². The predicted octanol–water partition coefficient (Wildman–Crippen LogP) is 11.0. The second kappa shape index (κ2) is 10.9. The first-order valence-electron chi connectivity index (χ1n) is 15.9. The monoisotopic (exact) mass is 610 g/mol. The van der Waals surface area contributed by atoms with E-state index in [-0.39, 0.29) is 0 Å². The standard InChI is InChI=1S/C44H26N4/c45-27-29-10-6-15-34(24-29)48-42-23-22-30(28-46)25-40(42)39-20-9-18-36(44(39)48)32-12-7-11-31(26-32)35-17-8-19-38-37-16-4-5-21-41(37)47(43(35)38)33-13-2-1-3-14-33/h1-26H. The maximum atomic E-state index is 9.75. The van der Waals surface area contributed by atoms with Gasteiger partial charge in [-0.15, -0.1) is 0 Å². The van der Waals surface area contributed by atoms with Gasteiger partial charge in [0.1, 0.15) is 0 Å². The van der Waals surface area contributed by atoms with Crippen LogP contribution < -0.4 is 0 Å². The highest BCUT2D eigenvalue weighted by molar-refractivity contribution is 6.15. The van der Waals surface area contributed by atoms with E-state index < -0.39 is 0 Å². The smallest absolute Gasteiger partial charge is 0.0992 e. The van der Waals surface area contributed by atoms with E-state index in [2.05, 4.69) is 137 Å². The van der Waals surface area contributed by atoms with Crippen LogP contribution in [-0.2, 0) is 0 Å². The maximum Gasteiger partial charge on any atom is 0.0992 e. The van der Waals surface area contributed by atoms with E-state index in [0.29, 0.717) is 11.1 Å². The van der Waals surface area contributed by atoms with Crippen molar-refractivity contribution in [3.63, 3.8) is 0 Å². The van der Waals surface area contributed by atoms with E-state index >= 15 is 0 Å². The van der Waals surface area contributed by atoms with Gasteiger partial charge >= 0.3 is 0 Å². The molecular weight excluding hydrogens is 585 g/mol. The van der Waals surface area contributed by atoms with Crippen molar-refractivity contribution in [1.29, 1.82) is 10.5 Å². The Bertz CT molecular complexity index is 2800. The van der Waals surface area contributed by atoms with Gasteiger partial charge in [-0.2, -0.15) is 10.5 Å². The Labute approximate surface area is 277 Å². The zero-order valence-electron chi connectivity index (χ0n) is 25.8. The number of benzene rings is 7. The SMILES string of the molecule is N#Cc1cccc(-n2c3ccc(C#N)cc3c3cccc(-c4cccc(-c5cccc6c7ccccc7n(-c7ccccc7)c56)c4)c32)c1. The molecule has 0 saturated heterocycles. The molecule has 4 heteroatoms. The molecule has 0 amide bonds. The lowest BCUT2D eigenvalue weighted by Gasteiger charge is -2.14. The Kier molecular flexibility index (Phi) is 6.22. The molecule has 4 nitrogen and oxygen atoms in total. The number of rotatable bonds is 4. The zero-order valence-corrected chi connectivity index (χ0v) is 25.8. The van der Waals surface area contributed by atoms with Crippen LogP contribution in [0.2, 0.25) is 0 Å². The van der Waals surface area contributed by atoms with Crippen LogP contribution in [0.5, 0.6) is 0 Å². The summed E-state index contributed by atoms with van der Waals surface area (Å²) in [6, 6.07) is 59.1. The Hall–Kier alpha value is -6.88. The van der Waals surface area contributed by atoms with Crippen LogP contribution >= 0.6 is 0 Å². The van der Waals surface area contributed by atoms with Crippen LogP contribution in [0.1, 0.15) is 11.1 Å². The van der Waals surface area contributed by atoms with Crippen molar-refractivity contribution in [3.05, 3.63) is 169 Å². The summed E-state index contributed by atoms with van der Waals surface area (Å²) < 4.78 is 4.60. The molecule has 0 aliphatic carbocycles. The van der Waals surface area contributed by atoms with Crippen molar-refractivity contribution in [2.75, 3.05) is 0 Å². The lowest BCUT2D eigenvalue weighted by Crippen LogP contribution is -1.97. The molecule has 0 N–H and O–H groups in total. The molecule has 2 aromatic heterocycles. The van der Waals surface area contributed by atoms with Gasteiger partial charge in [0.05, 0.1) is 45.3 Å². The number of fused-ring (bicyclic) bond motifs is 6. The molecule has 0 saturated carbocycles. The first-order valence-corrected chi connectivity index (χ1v) is 15.9. The van der Waals surface area contributed by atoms with Gasteiger partial charge in [-0.1, -0.05) is 97.1 Å². The van der Waals surface area contributed by atoms with E-state index in [1.54, 1.807) is 0 Å². The van der Waals surface area contributed by atoms with Crippen LogP contribution in [-0.4, -0.2) is 9.13 Å². The molecule has 9 rings (SSSR count). The first kappa shape index (κ1) is 27.4. The summed E-state index contributed by atoms with van der Waals surface area (Å²) in [6.07, 6.45) is 0. The van der Waals surface area contributed by atoms with Gasteiger partial charge in [0.15, 0.2) is 0 Å². The summed E-state index contributed by atoms with van der Waals surface area (Å²) in [6.45, 7) is 0. The average Bonchev–Trinajstić information content (AvgIpc) is 3.68. The number of para-hydroxylation sites is 4. The second-order valence-electron chi connectivity index (χ2n) is 12.0. The van der Waals surface area contributed by atoms with Crippen LogP contribution in [0, 0.1) is 22.7 Å². The molecule has 7 aromatic carbocycles. The minimum Gasteiger partial charge on any atom is -0.309 e. The molecule has 0 fully saturated rings. The molecule has 0 bridgehead atoms. The van der Waals surface area contributed by atoms with Crippen molar-refractivity contribution >= 4 is 43.6 Å². The largest absolute Gasteiger partial charge is 0.309 e. The third-order valence-corrected chi connectivity index (χ3v) is 9.34. The summed E-state index contributed by atoms with van der Waals surface area (Å²) in [5.41, 5.74) is 12.0. The summed E-state index contributed by atoms with van der Waals surface area (Å²) in [4.78, 5) is 0. The molecule has 0 atom stereocenters. The highest BCUT2D eigenvalue weighted by Crippen LogP contribution is 2.42. The minimum atomic E-state index is 0.595. The molecule has 0 radical (unpaired) electrons. The molecular formula is C44H26N4. The molecule has 0 spiro atoms. The molecule has 0 unspecified atom stereocenters. The van der Waals surface area contributed by atoms with Gasteiger partial charge in [-0.3, -0.25) is 0 Å². The number of nitrogens with zero attached hydrogens (tertiary/aromatic N) is 4. The number of hydrogen-bond donors (Lipinski definition) is 0. The average molecular weight is 611 g/mol. The Morgan fingerprint density at radius 1 is 0.375 bits per heavy atom. The quantitative estimate of drug-likeness (QED) is 0.199. The summed E-state index contributed by atoms with van der Waals surface area (Å²) in [5, 5.41) is 24.0. The van der Waals surface area contributed by atoms with Gasteiger partial charge in [0, 0.05) is 44.0 Å². The molecule has 48 heavy (non-hydrogen) atoms. The minimum absolute atomic E-state index is 0.595. The number of hydrogen-bond acceptors (Lipinski definition) is 2. The van der Waals surface area contributed by atoms with E-state index in [4.69, 9.17) is 0 Å². The van der Waals surface area contributed by atoms with Gasteiger partial charge in [-0.05, 0) is 71.8 Å². The normalized spacial score (nSPS) is 11.3. The van der Waals surface area contributed by atoms with E-state index in [1.807, 2.05) is 42.5 Å². The summed E-state index contributed by atoms with van der Waals surface area (Å²) in [7, 11) is 0. The van der Waals surface area contributed by atoms with Gasteiger partial charge in [-0.25, -0.2) is 0 Å². The second-order valence-corrected chi connectivity index (χ2v) is 12.0. The maximum absolute atomic E-state index is 9.75. The third kappa shape index (κ3) is 4.14. The number of nitriles is 2. The zero-order chi connectivity index (χ0) is 32.2. The Morgan fingerprint density at radius 3 is 1.65 bits per heavy atom. The van der Waals surface area contributed by atoms with Crippen molar-refractivity contribution in [2.24, 2.45) is 0 Å². The Morgan fingerprint density at radius 2 is 0.917 bits per heavy atom. The van der Waals surface area contributed by atoms with Gasteiger partial charge < -0.3 is 9.13 Å². The fraction of sp³-hybridized carbons (Fsp3) is 0. The fourth-order valence-corrected chi connectivity index (χ4v) is 7.31. The summed E-state index contributed by atoms with van der Waals surface area (Å²) in [5.74, 6) is 0. The van der Waals surface area contributed by atoms with Crippen molar-refractivity contribution in [1.82, 2.24) is 9.13 Å². The van der Waals surface area contributed by atoms with E-state index in [0.717, 1.165) is 55.4 Å². The predicted molar refractivity (Wildman–Crippen MR) is 195 cm³/mol. The van der Waals surface area contributed by atoms with Gasteiger partial charge in [0.25, 0.3) is 0 Å². The molecule has 0 aliphatic rings. The van der Waals surface area contributed by atoms with Crippen LogP contribution in [0.15, 0.2) is 158 Å². The topological polar surface area (TPSA) is 57.4 Å². The first-order chi connectivity index (χ1) is 23.7. The van der Waals surface area contributed by atoms with Crippen LogP contribution in [0.3, 0.4) is 0 Å². The third-order valence-electron chi connectivity index (χ3n) is 9.34. The highest BCUT2D eigenvalue weighted by Gasteiger charge is 2.19. The van der Waals surface area contributed by atoms with Crippen molar-refractivity contribution in [2.45, 2.75) is 0 Å². The number of aromatic nitrogens is 2. The van der Waals surface area contributed by atoms with Gasteiger partial charge in [0.2, 0.25) is 0 Å². The summed E-state index contributed by atoms with van der Waals surface area (Å²) >= 11 is 0. The van der Waals surface area contributed by atoms with Crippen LogP contribution in [0.4, 0.5) is 0 Å². The van der Waals surface area contributed by atoms with E-state index in [1.165, 1.54) is 21.8 Å². The van der Waals surface area contributed by atoms with Crippen molar-refractivity contribution < 1.29 is 0 Å². The molecule has 2 heterocycles. The van der Waals surface area contributed by atoms with E-state index in [9.17, 15) is 10.5 Å². The molecule has 0 aliphatic heterocycles. The fourth-order valence-electron chi connectivity index (χ4n) is 7.31. The lowest BCUT2D eigenvalue weighted by molar-refractivity contribution is 1.18. The molecule has 9 aromatic rings. The van der Waals surface area contributed by atoms with Crippen LogP contribution in [0.25, 0.3) is 77.2 Å². The lowest BCUT2D eigenvalue weighted by atomic mass is 9.96.